The van der Waals surface area contributed by atoms with Crippen molar-refractivity contribution in [1.29, 1.82) is 0 Å². The predicted octanol–water partition coefficient (Wildman–Crippen LogP) is 7.06. The molecule has 8 heteroatoms. The van der Waals surface area contributed by atoms with E-state index >= 15 is 0 Å². The van der Waals surface area contributed by atoms with Gasteiger partial charge in [0.05, 0.1) is 33.9 Å². The number of rotatable bonds is 25. The number of likely N-dealkylation sites (N-methyl/N-ethyl adjacent to an activating group) is 1. The van der Waals surface area contributed by atoms with Crippen LogP contribution in [0.2, 0.25) is 0 Å². The van der Waals surface area contributed by atoms with Crippen LogP contribution in [0.1, 0.15) is 96.8 Å². The number of methoxy groups -OCH3 is 1. The maximum absolute atomic E-state index is 12.0. The molecule has 0 amide bonds. The van der Waals surface area contributed by atoms with Crippen LogP contribution in [0.3, 0.4) is 0 Å². The standard InChI is InChI=1S/C25H54NO5PS/c1-6-7-8-9-10-11-12-13-14-15-16-17-18-19-22-33-24-25(29-5)23-31-32(27,28)30-21-20-26(2,3)4/h25H,6-24H2,1-5H3/p+1/t25-/m0/s1. The maximum atomic E-state index is 12.0. The lowest BCUT2D eigenvalue weighted by Crippen LogP contribution is -2.37. The molecule has 0 aliphatic heterocycles. The van der Waals surface area contributed by atoms with Crippen LogP contribution >= 0.6 is 19.6 Å². The molecule has 200 valence electrons. The van der Waals surface area contributed by atoms with E-state index in [1.54, 1.807) is 7.11 Å². The lowest BCUT2D eigenvalue weighted by molar-refractivity contribution is -0.870. The number of quaternary nitrogens is 1. The van der Waals surface area contributed by atoms with Crippen molar-refractivity contribution in [3.05, 3.63) is 0 Å². The minimum atomic E-state index is -4.02. The SMILES string of the molecule is CCCCCCCCCCCCCCCCSC[C@H](COP(=O)(O)OCC[N+](C)(C)C)OC. The summed E-state index contributed by atoms with van der Waals surface area (Å²) >= 11 is 1.82. The summed E-state index contributed by atoms with van der Waals surface area (Å²) < 4.78 is 28.2. The van der Waals surface area contributed by atoms with Crippen molar-refractivity contribution >= 4 is 19.6 Å². The van der Waals surface area contributed by atoms with Gasteiger partial charge in [0.1, 0.15) is 13.2 Å². The monoisotopic (exact) mass is 512 g/mol. The first-order valence-corrected chi connectivity index (χ1v) is 15.9. The highest BCUT2D eigenvalue weighted by molar-refractivity contribution is 7.99. The van der Waals surface area contributed by atoms with Gasteiger partial charge in [-0.15, -0.1) is 0 Å². The Balaban J connectivity index is 3.53. The molecule has 0 saturated heterocycles. The fourth-order valence-electron chi connectivity index (χ4n) is 3.44. The first kappa shape index (κ1) is 33.4. The average Bonchev–Trinajstić information content (AvgIpc) is 2.74. The Kier molecular flexibility index (Phi) is 21.9. The minimum absolute atomic E-state index is 0.0698. The summed E-state index contributed by atoms with van der Waals surface area (Å²) in [6.45, 7) is 3.16. The van der Waals surface area contributed by atoms with Crippen LogP contribution in [-0.4, -0.2) is 75.0 Å². The van der Waals surface area contributed by atoms with Gasteiger partial charge < -0.3 is 14.1 Å². The normalized spacial score (nSPS) is 15.0. The highest BCUT2D eigenvalue weighted by Gasteiger charge is 2.24. The molecule has 0 heterocycles. The number of hydrogen-bond acceptors (Lipinski definition) is 5. The van der Waals surface area contributed by atoms with Crippen LogP contribution in [0, 0.1) is 0 Å². The van der Waals surface area contributed by atoms with E-state index in [0.717, 1.165) is 11.5 Å². The van der Waals surface area contributed by atoms with Crippen LogP contribution in [0.25, 0.3) is 0 Å². The first-order valence-electron chi connectivity index (χ1n) is 13.2. The molecule has 1 N–H and O–H groups in total. The summed E-state index contributed by atoms with van der Waals surface area (Å²) in [5.41, 5.74) is 0. The van der Waals surface area contributed by atoms with Gasteiger partial charge in [-0.1, -0.05) is 90.4 Å². The number of phosphoric ester groups is 1. The lowest BCUT2D eigenvalue weighted by atomic mass is 10.0. The zero-order valence-corrected chi connectivity index (χ0v) is 24.1. The van der Waals surface area contributed by atoms with Gasteiger partial charge in [0, 0.05) is 12.9 Å². The van der Waals surface area contributed by atoms with Crippen molar-refractivity contribution in [3.8, 4) is 0 Å². The Hall–Kier alpha value is 0.380. The maximum Gasteiger partial charge on any atom is 0.472 e. The first-order chi connectivity index (χ1) is 15.7. The summed E-state index contributed by atoms with van der Waals surface area (Å²) in [6, 6.07) is 0. The van der Waals surface area contributed by atoms with E-state index in [4.69, 9.17) is 13.8 Å². The third kappa shape index (κ3) is 25.3. The third-order valence-electron chi connectivity index (χ3n) is 5.72. The van der Waals surface area contributed by atoms with Crippen LogP contribution in [0.15, 0.2) is 0 Å². The minimum Gasteiger partial charge on any atom is -0.378 e. The van der Waals surface area contributed by atoms with Crippen molar-refractivity contribution < 1.29 is 27.7 Å². The molecule has 1 unspecified atom stereocenters. The zero-order valence-electron chi connectivity index (χ0n) is 22.4. The number of phosphoric acid groups is 1. The molecule has 0 aromatic heterocycles. The zero-order chi connectivity index (χ0) is 24.8. The van der Waals surface area contributed by atoms with Crippen LogP contribution in [0.4, 0.5) is 0 Å². The van der Waals surface area contributed by atoms with Crippen molar-refractivity contribution in [2.45, 2.75) is 103 Å². The largest absolute Gasteiger partial charge is 0.472 e. The highest BCUT2D eigenvalue weighted by Crippen LogP contribution is 2.43. The van der Waals surface area contributed by atoms with Gasteiger partial charge in [-0.2, -0.15) is 11.8 Å². The molecule has 0 bridgehead atoms. The number of nitrogens with zero attached hydrogens (tertiary/aromatic N) is 1. The topological polar surface area (TPSA) is 65.0 Å². The highest BCUT2D eigenvalue weighted by atomic mass is 32.2. The quantitative estimate of drug-likeness (QED) is 0.0803. The fourth-order valence-corrected chi connectivity index (χ4v) is 5.25. The van der Waals surface area contributed by atoms with Gasteiger partial charge in [0.15, 0.2) is 0 Å². The number of hydrogen-bond donors (Lipinski definition) is 1. The average molecular weight is 513 g/mol. The molecule has 2 atom stereocenters. The molecular weight excluding hydrogens is 457 g/mol. The van der Waals surface area contributed by atoms with Gasteiger partial charge in [0.25, 0.3) is 0 Å². The van der Waals surface area contributed by atoms with Gasteiger partial charge in [0.2, 0.25) is 0 Å². The molecule has 0 rings (SSSR count). The Labute approximate surface area is 209 Å². The van der Waals surface area contributed by atoms with Crippen LogP contribution < -0.4 is 0 Å². The smallest absolute Gasteiger partial charge is 0.378 e. The summed E-state index contributed by atoms with van der Waals surface area (Å²) in [5.74, 6) is 1.85. The molecule has 33 heavy (non-hydrogen) atoms. The van der Waals surface area contributed by atoms with Gasteiger partial charge in [-0.3, -0.25) is 9.05 Å². The van der Waals surface area contributed by atoms with Crippen molar-refractivity contribution in [2.24, 2.45) is 0 Å². The Bertz CT molecular complexity index is 476. The Morgan fingerprint density at radius 2 is 1.30 bits per heavy atom. The molecule has 0 radical (unpaired) electrons. The summed E-state index contributed by atoms with van der Waals surface area (Å²) in [5, 5.41) is 0. The van der Waals surface area contributed by atoms with Crippen molar-refractivity contribution in [2.75, 3.05) is 59.5 Å². The molecule has 0 aromatic carbocycles. The van der Waals surface area contributed by atoms with E-state index in [9.17, 15) is 9.46 Å². The lowest BCUT2D eigenvalue weighted by Gasteiger charge is -2.24. The van der Waals surface area contributed by atoms with E-state index < -0.39 is 7.82 Å². The second kappa shape index (κ2) is 21.6. The van der Waals surface area contributed by atoms with E-state index in [-0.39, 0.29) is 19.3 Å². The van der Waals surface area contributed by atoms with Crippen LogP contribution in [-0.2, 0) is 18.3 Å². The van der Waals surface area contributed by atoms with E-state index in [2.05, 4.69) is 6.92 Å². The Morgan fingerprint density at radius 1 is 0.818 bits per heavy atom. The van der Waals surface area contributed by atoms with Gasteiger partial charge in [-0.05, 0) is 12.2 Å². The molecule has 0 aliphatic carbocycles. The molecule has 6 nitrogen and oxygen atoms in total. The van der Waals surface area contributed by atoms with E-state index in [1.807, 2.05) is 32.9 Å². The third-order valence-corrected chi connectivity index (χ3v) is 7.89. The molecule has 0 aliphatic rings. The van der Waals surface area contributed by atoms with Crippen LogP contribution in [0.5, 0.6) is 0 Å². The summed E-state index contributed by atoms with van der Waals surface area (Å²) in [6.07, 6.45) is 19.0. The van der Waals surface area contributed by atoms with Gasteiger partial charge >= 0.3 is 7.82 Å². The number of ether oxygens (including phenoxy) is 1. The summed E-state index contributed by atoms with van der Waals surface area (Å²) in [4.78, 5) is 9.81. The van der Waals surface area contributed by atoms with Crippen molar-refractivity contribution in [1.82, 2.24) is 0 Å². The Morgan fingerprint density at radius 3 is 1.76 bits per heavy atom. The second-order valence-corrected chi connectivity index (χ2v) is 12.7. The molecule has 0 fully saturated rings. The van der Waals surface area contributed by atoms with E-state index in [1.165, 1.54) is 89.9 Å². The number of thioether (sulfide) groups is 1. The molecule has 0 aromatic rings. The number of unbranched alkanes of at least 4 members (excludes halogenated alkanes) is 13. The fraction of sp³-hybridized carbons (Fsp3) is 1.00. The predicted molar refractivity (Wildman–Crippen MR) is 143 cm³/mol. The molecule has 0 saturated carbocycles. The summed E-state index contributed by atoms with van der Waals surface area (Å²) in [7, 11) is 3.60. The molecular formula is C25H55NO5PS+. The van der Waals surface area contributed by atoms with Gasteiger partial charge in [-0.25, -0.2) is 4.57 Å². The van der Waals surface area contributed by atoms with Crippen molar-refractivity contribution in [3.63, 3.8) is 0 Å². The van der Waals surface area contributed by atoms with E-state index in [0.29, 0.717) is 11.0 Å². The second-order valence-electron chi connectivity index (χ2n) is 10.1. The molecule has 0 spiro atoms.